The Bertz CT molecular complexity index is 731. The second kappa shape index (κ2) is 6.24. The van der Waals surface area contributed by atoms with E-state index in [1.54, 1.807) is 18.1 Å². The number of ether oxygens (including phenoxy) is 1. The van der Waals surface area contributed by atoms with E-state index < -0.39 is 0 Å². The van der Waals surface area contributed by atoms with Crippen LogP contribution in [0.25, 0.3) is 0 Å². The summed E-state index contributed by atoms with van der Waals surface area (Å²) in [5.74, 6) is 1.69. The van der Waals surface area contributed by atoms with Gasteiger partial charge in [0.05, 0.1) is 19.6 Å². The molecule has 0 bridgehead atoms. The zero-order chi connectivity index (χ0) is 16.5. The van der Waals surface area contributed by atoms with Crippen LogP contribution in [-0.4, -0.2) is 52.3 Å². The molecule has 2 atom stereocenters. The Hall–Kier alpha value is -2.41. The Morgan fingerprint density at radius 2 is 2.25 bits per heavy atom. The van der Waals surface area contributed by atoms with E-state index in [9.17, 15) is 4.79 Å². The van der Waals surface area contributed by atoms with Crippen molar-refractivity contribution < 1.29 is 9.53 Å². The van der Waals surface area contributed by atoms with E-state index in [1.807, 2.05) is 6.07 Å². The molecule has 1 aromatic heterocycles. The van der Waals surface area contributed by atoms with Gasteiger partial charge in [-0.1, -0.05) is 6.07 Å². The topological polar surface area (TPSA) is 72.3 Å². The van der Waals surface area contributed by atoms with Crippen LogP contribution in [0.1, 0.15) is 11.1 Å². The number of amides is 1. The average molecular weight is 327 g/mol. The van der Waals surface area contributed by atoms with Gasteiger partial charge in [-0.2, -0.15) is 5.10 Å². The third-order valence-corrected chi connectivity index (χ3v) is 4.94. The molecule has 2 aliphatic heterocycles. The predicted molar refractivity (Wildman–Crippen MR) is 87.4 cm³/mol. The quantitative estimate of drug-likeness (QED) is 0.866. The van der Waals surface area contributed by atoms with Gasteiger partial charge in [0.1, 0.15) is 18.4 Å². The zero-order valence-corrected chi connectivity index (χ0v) is 13.7. The van der Waals surface area contributed by atoms with Crippen molar-refractivity contribution in [1.29, 1.82) is 0 Å². The van der Waals surface area contributed by atoms with Crippen LogP contribution in [0.3, 0.4) is 0 Å². The van der Waals surface area contributed by atoms with E-state index in [-0.39, 0.29) is 11.8 Å². The Morgan fingerprint density at radius 3 is 3.00 bits per heavy atom. The second-order valence-corrected chi connectivity index (χ2v) is 6.55. The largest absolute Gasteiger partial charge is 0.496 e. The van der Waals surface area contributed by atoms with Crippen LogP contribution in [0.5, 0.6) is 5.75 Å². The lowest BCUT2D eigenvalue weighted by Crippen LogP contribution is -2.28. The van der Waals surface area contributed by atoms with E-state index in [1.165, 1.54) is 11.9 Å². The number of fused-ring (bicyclic) bond motifs is 1. The lowest BCUT2D eigenvalue weighted by molar-refractivity contribution is -0.122. The standard InChI is InChI=1S/C17H21N5O2/c1-24-16-3-2-12(4-13(16)8-22-11-18-10-20-22)6-21-7-14-5-19-17(23)15(14)9-21/h2-4,10-11,14-15H,5-9H2,1H3,(H,19,23)/t14-,15+/m0/s1. The highest BCUT2D eigenvalue weighted by Crippen LogP contribution is 2.29. The van der Waals surface area contributed by atoms with Crippen LogP contribution in [0, 0.1) is 11.8 Å². The molecule has 126 valence electrons. The molecule has 1 amide bonds. The van der Waals surface area contributed by atoms with Crippen LogP contribution in [0.15, 0.2) is 30.9 Å². The number of hydrogen-bond donors (Lipinski definition) is 1. The number of benzene rings is 1. The fraction of sp³-hybridized carbons (Fsp3) is 0.471. The smallest absolute Gasteiger partial charge is 0.224 e. The summed E-state index contributed by atoms with van der Waals surface area (Å²) in [5, 5.41) is 7.12. The SMILES string of the molecule is COc1ccc(CN2C[C@@H]3CNC(=O)[C@@H]3C2)cc1Cn1cncn1. The molecule has 0 radical (unpaired) electrons. The van der Waals surface area contributed by atoms with Crippen molar-refractivity contribution in [3.63, 3.8) is 0 Å². The summed E-state index contributed by atoms with van der Waals surface area (Å²) in [6.07, 6.45) is 3.23. The Balaban J connectivity index is 1.48. The molecule has 0 saturated carbocycles. The monoisotopic (exact) mass is 327 g/mol. The average Bonchev–Trinajstić information content (AvgIpc) is 3.28. The van der Waals surface area contributed by atoms with Gasteiger partial charge < -0.3 is 10.1 Å². The molecule has 7 heteroatoms. The van der Waals surface area contributed by atoms with Gasteiger partial charge in [-0.05, 0) is 17.7 Å². The summed E-state index contributed by atoms with van der Waals surface area (Å²) < 4.78 is 7.25. The molecule has 1 N–H and O–H groups in total. The number of likely N-dealkylation sites (tertiary alicyclic amines) is 1. The first kappa shape index (κ1) is 15.1. The van der Waals surface area contributed by atoms with E-state index >= 15 is 0 Å². The van der Waals surface area contributed by atoms with E-state index in [4.69, 9.17) is 4.74 Å². The van der Waals surface area contributed by atoms with Gasteiger partial charge in [0, 0.05) is 37.7 Å². The number of nitrogens with one attached hydrogen (secondary N) is 1. The van der Waals surface area contributed by atoms with Crippen LogP contribution in [0.2, 0.25) is 0 Å². The summed E-state index contributed by atoms with van der Waals surface area (Å²) in [6, 6.07) is 6.26. The number of aromatic nitrogens is 3. The van der Waals surface area contributed by atoms with Gasteiger partial charge in [0.15, 0.2) is 0 Å². The first-order chi connectivity index (χ1) is 11.7. The highest BCUT2D eigenvalue weighted by molar-refractivity contribution is 5.81. The van der Waals surface area contributed by atoms with E-state index in [0.717, 1.165) is 37.5 Å². The van der Waals surface area contributed by atoms with Crippen LogP contribution < -0.4 is 10.1 Å². The highest BCUT2D eigenvalue weighted by Gasteiger charge is 2.41. The predicted octanol–water partition coefficient (Wildman–Crippen LogP) is 0.513. The van der Waals surface area contributed by atoms with Gasteiger partial charge in [0.2, 0.25) is 5.91 Å². The summed E-state index contributed by atoms with van der Waals surface area (Å²) in [6.45, 7) is 4.13. The molecule has 0 spiro atoms. The van der Waals surface area contributed by atoms with Crippen molar-refractivity contribution in [2.24, 2.45) is 11.8 Å². The third kappa shape index (κ3) is 2.87. The fourth-order valence-electron chi connectivity index (χ4n) is 3.76. The maximum Gasteiger partial charge on any atom is 0.224 e. The minimum Gasteiger partial charge on any atom is -0.496 e. The number of methoxy groups -OCH3 is 1. The molecular weight excluding hydrogens is 306 g/mol. The minimum absolute atomic E-state index is 0.165. The maximum atomic E-state index is 11.8. The van der Waals surface area contributed by atoms with Gasteiger partial charge in [0.25, 0.3) is 0 Å². The third-order valence-electron chi connectivity index (χ3n) is 4.94. The molecule has 1 aromatic carbocycles. The molecule has 3 heterocycles. The molecule has 2 aromatic rings. The van der Waals surface area contributed by atoms with Crippen LogP contribution >= 0.6 is 0 Å². The number of nitrogens with zero attached hydrogens (tertiary/aromatic N) is 4. The number of carbonyl (C=O) groups is 1. The first-order valence-electron chi connectivity index (χ1n) is 8.21. The van der Waals surface area contributed by atoms with E-state index in [2.05, 4.69) is 32.4 Å². The summed E-state index contributed by atoms with van der Waals surface area (Å²) in [5.41, 5.74) is 2.31. The molecule has 2 aliphatic rings. The van der Waals surface area contributed by atoms with Crippen molar-refractivity contribution in [2.45, 2.75) is 13.1 Å². The van der Waals surface area contributed by atoms with Gasteiger partial charge in [-0.25, -0.2) is 9.67 Å². The van der Waals surface area contributed by atoms with Crippen molar-refractivity contribution in [1.82, 2.24) is 25.0 Å². The molecule has 4 rings (SSSR count). The number of hydrogen-bond acceptors (Lipinski definition) is 5. The molecular formula is C17H21N5O2. The van der Waals surface area contributed by atoms with Crippen LogP contribution in [0.4, 0.5) is 0 Å². The normalized spacial score (nSPS) is 23.3. The van der Waals surface area contributed by atoms with Gasteiger partial charge in [-0.3, -0.25) is 9.69 Å². The van der Waals surface area contributed by atoms with E-state index in [0.29, 0.717) is 12.5 Å². The second-order valence-electron chi connectivity index (χ2n) is 6.55. The molecule has 7 nitrogen and oxygen atoms in total. The molecule has 2 fully saturated rings. The Kier molecular flexibility index (Phi) is 3.93. The Labute approximate surface area is 140 Å². The molecule has 24 heavy (non-hydrogen) atoms. The first-order valence-corrected chi connectivity index (χ1v) is 8.21. The van der Waals surface area contributed by atoms with Crippen molar-refractivity contribution in [2.75, 3.05) is 26.7 Å². The van der Waals surface area contributed by atoms with Gasteiger partial charge >= 0.3 is 0 Å². The maximum absolute atomic E-state index is 11.8. The molecule has 0 unspecified atom stereocenters. The summed E-state index contributed by atoms with van der Waals surface area (Å²) in [7, 11) is 1.68. The summed E-state index contributed by atoms with van der Waals surface area (Å²) in [4.78, 5) is 18.2. The highest BCUT2D eigenvalue weighted by atomic mass is 16.5. The van der Waals surface area contributed by atoms with Crippen LogP contribution in [-0.2, 0) is 17.9 Å². The fourth-order valence-corrected chi connectivity index (χ4v) is 3.76. The summed E-state index contributed by atoms with van der Waals surface area (Å²) >= 11 is 0. The lowest BCUT2D eigenvalue weighted by atomic mass is 10.0. The lowest BCUT2D eigenvalue weighted by Gasteiger charge is -2.18. The number of rotatable bonds is 5. The molecule has 0 aliphatic carbocycles. The van der Waals surface area contributed by atoms with Crippen molar-refractivity contribution >= 4 is 5.91 Å². The zero-order valence-electron chi connectivity index (χ0n) is 13.7. The number of carbonyl (C=O) groups excluding carboxylic acids is 1. The van der Waals surface area contributed by atoms with Crippen molar-refractivity contribution in [3.05, 3.63) is 42.0 Å². The van der Waals surface area contributed by atoms with Crippen molar-refractivity contribution in [3.8, 4) is 5.75 Å². The molecule has 2 saturated heterocycles. The minimum atomic E-state index is 0.165. The van der Waals surface area contributed by atoms with Gasteiger partial charge in [-0.15, -0.1) is 0 Å². The Morgan fingerprint density at radius 1 is 1.33 bits per heavy atom.